The van der Waals surface area contributed by atoms with Crippen LogP contribution < -0.4 is 10.6 Å². The van der Waals surface area contributed by atoms with E-state index in [2.05, 4.69) is 15.6 Å². The van der Waals surface area contributed by atoms with Gasteiger partial charge in [0.2, 0.25) is 0 Å². The van der Waals surface area contributed by atoms with Crippen molar-refractivity contribution in [3.05, 3.63) is 70.0 Å². The number of halogens is 1. The number of nitrogens with one attached hydrogen (secondary N) is 2. The minimum Gasteiger partial charge on any atom is -0.332 e. The molecule has 0 aliphatic heterocycles. The molecule has 6 heteroatoms. The van der Waals surface area contributed by atoms with Gasteiger partial charge in [-0.15, -0.1) is 0 Å². The lowest BCUT2D eigenvalue weighted by Crippen LogP contribution is -2.12. The van der Waals surface area contributed by atoms with Crippen LogP contribution in [0, 0.1) is 26.6 Å². The summed E-state index contributed by atoms with van der Waals surface area (Å²) in [6, 6.07) is 12.6. The zero-order valence-corrected chi connectivity index (χ0v) is 15.0. The number of nitrogens with zero attached hydrogens (tertiary/aromatic N) is 1. The third kappa shape index (κ3) is 4.03. The summed E-state index contributed by atoms with van der Waals surface area (Å²) < 4.78 is 13.9. The van der Waals surface area contributed by atoms with E-state index in [1.165, 1.54) is 17.4 Å². The monoisotopic (exact) mass is 355 g/mol. The molecule has 2 N–H and O–H groups in total. The molecular weight excluding hydrogens is 337 g/mol. The zero-order valence-electron chi connectivity index (χ0n) is 14.2. The van der Waals surface area contributed by atoms with E-state index in [9.17, 15) is 9.18 Å². The summed E-state index contributed by atoms with van der Waals surface area (Å²) in [4.78, 5) is 17.3. The Bertz CT molecular complexity index is 936. The van der Waals surface area contributed by atoms with Crippen molar-refractivity contribution in [2.24, 2.45) is 0 Å². The highest BCUT2D eigenvalue weighted by molar-refractivity contribution is 7.17. The molecule has 0 atom stereocenters. The third-order valence-electron chi connectivity index (χ3n) is 3.64. The van der Waals surface area contributed by atoms with Gasteiger partial charge in [0.25, 0.3) is 5.91 Å². The predicted octanol–water partition coefficient (Wildman–Crippen LogP) is 5.20. The highest BCUT2D eigenvalue weighted by Gasteiger charge is 2.17. The second kappa shape index (κ2) is 7.03. The maximum absolute atomic E-state index is 13.9. The fourth-order valence-corrected chi connectivity index (χ4v) is 3.29. The van der Waals surface area contributed by atoms with Gasteiger partial charge in [0.1, 0.15) is 10.7 Å². The summed E-state index contributed by atoms with van der Waals surface area (Å²) in [5.41, 5.74) is 3.60. The van der Waals surface area contributed by atoms with Crippen LogP contribution in [0.3, 0.4) is 0 Å². The van der Waals surface area contributed by atoms with Crippen molar-refractivity contribution in [2.45, 2.75) is 20.8 Å². The Morgan fingerprint density at radius 3 is 2.56 bits per heavy atom. The van der Waals surface area contributed by atoms with Crippen LogP contribution in [0.25, 0.3) is 0 Å². The highest BCUT2D eigenvalue weighted by atomic mass is 32.1. The van der Waals surface area contributed by atoms with Gasteiger partial charge in [-0.2, -0.15) is 0 Å². The van der Waals surface area contributed by atoms with Gasteiger partial charge in [-0.25, -0.2) is 9.37 Å². The molecule has 128 valence electrons. The number of hydrogen-bond acceptors (Lipinski definition) is 4. The van der Waals surface area contributed by atoms with Gasteiger partial charge in [0.15, 0.2) is 5.13 Å². The lowest BCUT2D eigenvalue weighted by molar-refractivity contribution is 0.102. The van der Waals surface area contributed by atoms with Gasteiger partial charge in [0.05, 0.1) is 11.4 Å². The van der Waals surface area contributed by atoms with Gasteiger partial charge in [-0.3, -0.25) is 4.79 Å². The Morgan fingerprint density at radius 1 is 1.08 bits per heavy atom. The van der Waals surface area contributed by atoms with E-state index < -0.39 is 5.82 Å². The molecule has 2 aromatic carbocycles. The summed E-state index contributed by atoms with van der Waals surface area (Å²) in [5, 5.41) is 6.43. The molecule has 0 saturated heterocycles. The number of carbonyl (C=O) groups excluding carboxylic acids is 1. The lowest BCUT2D eigenvalue weighted by Gasteiger charge is -2.06. The predicted molar refractivity (Wildman–Crippen MR) is 100 cm³/mol. The van der Waals surface area contributed by atoms with Gasteiger partial charge in [0, 0.05) is 5.69 Å². The molecule has 25 heavy (non-hydrogen) atoms. The minimum absolute atomic E-state index is 0.164. The number of thiazole rings is 1. The number of rotatable bonds is 4. The molecule has 0 radical (unpaired) electrons. The van der Waals surface area contributed by atoms with Gasteiger partial charge in [-0.1, -0.05) is 29.5 Å². The van der Waals surface area contributed by atoms with Crippen molar-refractivity contribution >= 4 is 33.8 Å². The van der Waals surface area contributed by atoms with Gasteiger partial charge >= 0.3 is 0 Å². The number of benzene rings is 2. The smallest absolute Gasteiger partial charge is 0.267 e. The third-order valence-corrected chi connectivity index (χ3v) is 4.72. The minimum atomic E-state index is -0.450. The van der Waals surface area contributed by atoms with Crippen LogP contribution in [0.5, 0.6) is 0 Å². The quantitative estimate of drug-likeness (QED) is 0.676. The van der Waals surface area contributed by atoms with Crippen molar-refractivity contribution in [3.8, 4) is 0 Å². The van der Waals surface area contributed by atoms with Crippen LogP contribution in [0.15, 0.2) is 42.5 Å². The molecule has 3 rings (SSSR count). The second-order valence-corrected chi connectivity index (χ2v) is 6.86. The number of aromatic nitrogens is 1. The van der Waals surface area contributed by atoms with Crippen molar-refractivity contribution in [1.29, 1.82) is 0 Å². The van der Waals surface area contributed by atoms with Gasteiger partial charge < -0.3 is 10.6 Å². The summed E-state index contributed by atoms with van der Waals surface area (Å²) in [6.07, 6.45) is 0. The summed E-state index contributed by atoms with van der Waals surface area (Å²) in [7, 11) is 0. The standard InChI is InChI=1S/C19H18FN3OS/c1-11-5-4-6-14(9-11)22-19-21-13(3)17(25-19)18(24)23-16-8-7-12(2)10-15(16)20/h4-10H,1-3H3,(H,21,22)(H,23,24). The Morgan fingerprint density at radius 2 is 1.84 bits per heavy atom. The molecule has 3 aromatic rings. The molecule has 0 bridgehead atoms. The van der Waals surface area contributed by atoms with E-state index in [0.717, 1.165) is 16.8 Å². The van der Waals surface area contributed by atoms with Crippen molar-refractivity contribution in [2.75, 3.05) is 10.6 Å². The first-order valence-electron chi connectivity index (χ1n) is 7.81. The van der Waals surface area contributed by atoms with Crippen LogP contribution in [0.4, 0.5) is 20.9 Å². The molecule has 4 nitrogen and oxygen atoms in total. The molecule has 1 aromatic heterocycles. The average molecular weight is 355 g/mol. The van der Waals surface area contributed by atoms with Gasteiger partial charge in [-0.05, 0) is 56.2 Å². The number of amides is 1. The van der Waals surface area contributed by atoms with Crippen molar-refractivity contribution in [1.82, 2.24) is 4.98 Å². The summed E-state index contributed by atoms with van der Waals surface area (Å²) >= 11 is 1.24. The first-order valence-corrected chi connectivity index (χ1v) is 8.62. The largest absolute Gasteiger partial charge is 0.332 e. The molecule has 1 heterocycles. The molecule has 1 amide bonds. The van der Waals surface area contributed by atoms with E-state index in [1.807, 2.05) is 31.2 Å². The summed E-state index contributed by atoms with van der Waals surface area (Å²) in [5.74, 6) is -0.816. The maximum Gasteiger partial charge on any atom is 0.267 e. The van der Waals surface area contributed by atoms with Crippen LogP contribution >= 0.6 is 11.3 Å². The fourth-order valence-electron chi connectivity index (χ4n) is 2.41. The van der Waals surface area contributed by atoms with E-state index in [0.29, 0.717) is 15.7 Å². The van der Waals surface area contributed by atoms with Crippen molar-refractivity contribution < 1.29 is 9.18 Å². The second-order valence-electron chi connectivity index (χ2n) is 5.87. The normalized spacial score (nSPS) is 10.6. The SMILES string of the molecule is Cc1cccc(Nc2nc(C)c(C(=O)Nc3ccc(C)cc3F)s2)c1. The van der Waals surface area contributed by atoms with E-state index in [4.69, 9.17) is 0 Å². The fraction of sp³-hybridized carbons (Fsp3) is 0.158. The van der Waals surface area contributed by atoms with E-state index >= 15 is 0 Å². The number of aryl methyl sites for hydroxylation is 3. The van der Waals surface area contributed by atoms with E-state index in [1.54, 1.807) is 26.0 Å². The first-order chi connectivity index (χ1) is 11.9. The lowest BCUT2D eigenvalue weighted by atomic mass is 10.2. The zero-order chi connectivity index (χ0) is 18.0. The Balaban J connectivity index is 1.78. The molecule has 0 aliphatic carbocycles. The van der Waals surface area contributed by atoms with Crippen LogP contribution in [-0.4, -0.2) is 10.9 Å². The first kappa shape index (κ1) is 17.1. The molecule has 0 spiro atoms. The van der Waals surface area contributed by atoms with E-state index in [-0.39, 0.29) is 11.6 Å². The number of anilines is 3. The van der Waals surface area contributed by atoms with Crippen LogP contribution in [0.2, 0.25) is 0 Å². The summed E-state index contributed by atoms with van der Waals surface area (Å²) in [6.45, 7) is 5.57. The topological polar surface area (TPSA) is 54.0 Å². The van der Waals surface area contributed by atoms with Crippen LogP contribution in [0.1, 0.15) is 26.5 Å². The number of hydrogen-bond donors (Lipinski definition) is 2. The average Bonchev–Trinajstić information content (AvgIpc) is 2.90. The molecule has 0 aliphatic rings. The molecule has 0 fully saturated rings. The molecule has 0 unspecified atom stereocenters. The number of carbonyl (C=O) groups is 1. The molecule has 0 saturated carbocycles. The molecular formula is C19H18FN3OS. The Labute approximate surface area is 149 Å². The maximum atomic E-state index is 13.9. The van der Waals surface area contributed by atoms with Crippen LogP contribution in [-0.2, 0) is 0 Å². The van der Waals surface area contributed by atoms with Crippen molar-refractivity contribution in [3.63, 3.8) is 0 Å². The Hall–Kier alpha value is -2.73. The Kier molecular flexibility index (Phi) is 4.81. The highest BCUT2D eigenvalue weighted by Crippen LogP contribution is 2.27.